The van der Waals surface area contributed by atoms with Crippen LogP contribution in [0.1, 0.15) is 24.5 Å². The van der Waals surface area contributed by atoms with E-state index >= 15 is 0 Å². The Labute approximate surface area is 187 Å². The molecule has 1 amide bonds. The normalized spacial score (nSPS) is 19.9. The molecule has 0 aliphatic carbocycles. The fourth-order valence-corrected chi connectivity index (χ4v) is 5.59. The summed E-state index contributed by atoms with van der Waals surface area (Å²) in [5.74, 6) is 0.799. The second kappa shape index (κ2) is 8.95. The van der Waals surface area contributed by atoms with E-state index in [1.807, 2.05) is 4.90 Å². The minimum absolute atomic E-state index is 0.0116. The number of nitrogens with one attached hydrogen (secondary N) is 1. The highest BCUT2D eigenvalue weighted by atomic mass is 32.2. The number of hydrogen-bond donors (Lipinski definition) is 1. The zero-order valence-electron chi connectivity index (χ0n) is 18.1. The summed E-state index contributed by atoms with van der Waals surface area (Å²) in [7, 11) is -0.848. The Bertz CT molecular complexity index is 1160. The van der Waals surface area contributed by atoms with Crippen LogP contribution < -0.4 is 15.0 Å². The summed E-state index contributed by atoms with van der Waals surface area (Å²) in [6.07, 6.45) is 1.25. The number of carbonyl (C=O) groups is 1. The zero-order chi connectivity index (χ0) is 22.9. The number of fused-ring (bicyclic) bond motifs is 4. The minimum atomic E-state index is -3.92. The Morgan fingerprint density at radius 1 is 1.09 bits per heavy atom. The van der Waals surface area contributed by atoms with Crippen LogP contribution in [0.15, 0.2) is 46.1 Å². The smallest absolute Gasteiger partial charge is 0.275 e. The molecule has 0 saturated carbocycles. The van der Waals surface area contributed by atoms with Gasteiger partial charge in [-0.1, -0.05) is 0 Å². The molecule has 2 atom stereocenters. The molecule has 1 fully saturated rings. The number of carbonyl (C=O) groups excluding carboxylic acids is 1. The highest BCUT2D eigenvalue weighted by Gasteiger charge is 2.36. The van der Waals surface area contributed by atoms with E-state index in [2.05, 4.69) is 4.72 Å². The van der Waals surface area contributed by atoms with Crippen LogP contribution in [0.25, 0.3) is 0 Å². The lowest BCUT2D eigenvalue weighted by Gasteiger charge is -2.43. The standard InChI is InChI=1S/C22H27N3O6S/c1-30-10-9-21(26)24-12-15-11-16(14-24)20-8-7-19(22(27)25(20)13-15)23-32(28,29)18-5-3-17(31-2)4-6-18/h3-8,15-16,23H,9-14H2,1-2H3/t15-,16+/m0/s1. The summed E-state index contributed by atoms with van der Waals surface area (Å²) in [6.45, 7) is 1.98. The predicted octanol–water partition coefficient (Wildman–Crippen LogP) is 1.64. The molecule has 2 aliphatic rings. The van der Waals surface area contributed by atoms with E-state index in [1.165, 1.54) is 25.3 Å². The second-order valence-corrected chi connectivity index (χ2v) is 9.89. The van der Waals surface area contributed by atoms with Gasteiger partial charge in [-0.15, -0.1) is 0 Å². The molecule has 0 spiro atoms. The number of benzene rings is 1. The van der Waals surface area contributed by atoms with Crippen LogP contribution in [0.5, 0.6) is 5.75 Å². The number of rotatable bonds is 7. The molecule has 1 aromatic carbocycles. The molecule has 1 N–H and O–H groups in total. The molecule has 10 heteroatoms. The summed E-state index contributed by atoms with van der Waals surface area (Å²) in [6, 6.07) is 9.26. The third-order valence-corrected chi connectivity index (χ3v) is 7.47. The Balaban J connectivity index is 1.56. The number of anilines is 1. The largest absolute Gasteiger partial charge is 0.497 e. The van der Waals surface area contributed by atoms with Crippen molar-refractivity contribution in [2.75, 3.05) is 38.6 Å². The number of aromatic nitrogens is 1. The van der Waals surface area contributed by atoms with Gasteiger partial charge in [0.2, 0.25) is 5.91 Å². The average molecular weight is 462 g/mol. The highest BCUT2D eigenvalue weighted by Crippen LogP contribution is 2.35. The van der Waals surface area contributed by atoms with Crippen LogP contribution >= 0.6 is 0 Å². The number of pyridine rings is 1. The zero-order valence-corrected chi connectivity index (χ0v) is 18.9. The van der Waals surface area contributed by atoms with Gasteiger partial charge in [-0.3, -0.25) is 14.3 Å². The van der Waals surface area contributed by atoms with Crippen molar-refractivity contribution in [2.24, 2.45) is 5.92 Å². The highest BCUT2D eigenvalue weighted by molar-refractivity contribution is 7.92. The summed E-state index contributed by atoms with van der Waals surface area (Å²) < 4.78 is 39.7. The number of methoxy groups -OCH3 is 2. The first-order chi connectivity index (χ1) is 15.3. The maximum atomic E-state index is 13.1. The number of amides is 1. The summed E-state index contributed by atoms with van der Waals surface area (Å²) >= 11 is 0. The molecule has 32 heavy (non-hydrogen) atoms. The summed E-state index contributed by atoms with van der Waals surface area (Å²) in [5, 5.41) is 0. The van der Waals surface area contributed by atoms with Crippen molar-refractivity contribution in [1.29, 1.82) is 0 Å². The van der Waals surface area contributed by atoms with E-state index in [4.69, 9.17) is 9.47 Å². The van der Waals surface area contributed by atoms with E-state index in [0.29, 0.717) is 38.4 Å². The average Bonchev–Trinajstić information content (AvgIpc) is 2.79. The van der Waals surface area contributed by atoms with Crippen molar-refractivity contribution < 1.29 is 22.7 Å². The molecular weight excluding hydrogens is 434 g/mol. The molecular formula is C22H27N3O6S. The van der Waals surface area contributed by atoms with Crippen molar-refractivity contribution in [3.63, 3.8) is 0 Å². The molecule has 2 aromatic rings. The number of likely N-dealkylation sites (tertiary alicyclic amines) is 1. The van der Waals surface area contributed by atoms with E-state index in [-0.39, 0.29) is 33.9 Å². The maximum Gasteiger partial charge on any atom is 0.275 e. The molecule has 1 aromatic heterocycles. The molecule has 9 nitrogen and oxygen atoms in total. The SMILES string of the molecule is COCCC(=O)N1C[C@@H]2C[C@H](C1)c1ccc(NS(=O)(=O)c3ccc(OC)cc3)c(=O)n1C2. The van der Waals surface area contributed by atoms with Gasteiger partial charge in [0.25, 0.3) is 15.6 Å². The molecule has 0 unspecified atom stereocenters. The van der Waals surface area contributed by atoms with Crippen molar-refractivity contribution in [3.05, 3.63) is 52.4 Å². The summed E-state index contributed by atoms with van der Waals surface area (Å²) in [5.41, 5.74) is 0.480. The molecule has 2 aliphatic heterocycles. The number of piperidine rings is 1. The molecule has 0 radical (unpaired) electrons. The first-order valence-electron chi connectivity index (χ1n) is 10.5. The number of nitrogens with zero attached hydrogens (tertiary/aromatic N) is 2. The lowest BCUT2D eigenvalue weighted by molar-refractivity contribution is -0.134. The van der Waals surface area contributed by atoms with Gasteiger partial charge in [0.15, 0.2) is 0 Å². The van der Waals surface area contributed by atoms with Crippen molar-refractivity contribution >= 4 is 21.6 Å². The van der Waals surface area contributed by atoms with Crippen molar-refractivity contribution in [1.82, 2.24) is 9.47 Å². The van der Waals surface area contributed by atoms with E-state index in [9.17, 15) is 18.0 Å². The first kappa shape index (κ1) is 22.3. The molecule has 3 heterocycles. The lowest BCUT2D eigenvalue weighted by atomic mass is 9.83. The maximum absolute atomic E-state index is 13.1. The van der Waals surface area contributed by atoms with Crippen LogP contribution in [0.2, 0.25) is 0 Å². The monoisotopic (exact) mass is 461 g/mol. The lowest BCUT2D eigenvalue weighted by Crippen LogP contribution is -2.49. The van der Waals surface area contributed by atoms with Gasteiger partial charge in [-0.2, -0.15) is 0 Å². The Hall–Kier alpha value is -2.85. The van der Waals surface area contributed by atoms with Crippen LogP contribution in [-0.2, 0) is 26.1 Å². The van der Waals surface area contributed by atoms with Crippen molar-refractivity contribution in [3.8, 4) is 5.75 Å². The van der Waals surface area contributed by atoms with Gasteiger partial charge in [0, 0.05) is 38.4 Å². The van der Waals surface area contributed by atoms with Crippen molar-refractivity contribution in [2.45, 2.75) is 30.2 Å². The van der Waals surface area contributed by atoms with Gasteiger partial charge in [-0.25, -0.2) is 8.42 Å². The van der Waals surface area contributed by atoms with Crippen LogP contribution in [0.3, 0.4) is 0 Å². The van der Waals surface area contributed by atoms with Gasteiger partial charge in [0.1, 0.15) is 11.4 Å². The predicted molar refractivity (Wildman–Crippen MR) is 118 cm³/mol. The molecule has 4 rings (SSSR count). The van der Waals surface area contributed by atoms with Gasteiger partial charge in [-0.05, 0) is 48.7 Å². The van der Waals surface area contributed by atoms with Crippen LogP contribution in [-0.4, -0.2) is 57.7 Å². The van der Waals surface area contributed by atoms with Gasteiger partial charge < -0.3 is 18.9 Å². The fraction of sp³-hybridized carbons (Fsp3) is 0.455. The molecule has 1 saturated heterocycles. The molecule has 2 bridgehead atoms. The minimum Gasteiger partial charge on any atom is -0.497 e. The summed E-state index contributed by atoms with van der Waals surface area (Å²) in [4.78, 5) is 27.5. The van der Waals surface area contributed by atoms with E-state index in [0.717, 1.165) is 12.1 Å². The first-order valence-corrected chi connectivity index (χ1v) is 12.0. The Morgan fingerprint density at radius 3 is 2.53 bits per heavy atom. The van der Waals surface area contributed by atoms with Crippen LogP contribution in [0.4, 0.5) is 5.69 Å². The van der Waals surface area contributed by atoms with Gasteiger partial charge >= 0.3 is 0 Å². The second-order valence-electron chi connectivity index (χ2n) is 8.21. The third kappa shape index (κ3) is 4.37. The van der Waals surface area contributed by atoms with Gasteiger partial charge in [0.05, 0.1) is 25.0 Å². The van der Waals surface area contributed by atoms with E-state index in [1.54, 1.807) is 29.9 Å². The Kier molecular flexibility index (Phi) is 6.25. The number of ether oxygens (including phenoxy) is 2. The Morgan fingerprint density at radius 2 is 1.84 bits per heavy atom. The number of hydrogen-bond acceptors (Lipinski definition) is 6. The van der Waals surface area contributed by atoms with Crippen LogP contribution in [0, 0.1) is 5.92 Å². The number of sulfonamides is 1. The topological polar surface area (TPSA) is 107 Å². The quantitative estimate of drug-likeness (QED) is 0.672. The molecule has 172 valence electrons. The third-order valence-electron chi connectivity index (χ3n) is 6.09. The fourth-order valence-electron chi connectivity index (χ4n) is 4.53. The van der Waals surface area contributed by atoms with E-state index < -0.39 is 10.0 Å².